The fourth-order valence-electron chi connectivity index (χ4n) is 3.37. The van der Waals surface area contributed by atoms with Crippen LogP contribution in [0, 0.1) is 19.7 Å². The number of pyridine rings is 1. The molecule has 1 amide bonds. The number of nitrogens with one attached hydrogen (secondary N) is 1. The minimum absolute atomic E-state index is 0.162. The van der Waals surface area contributed by atoms with Gasteiger partial charge in [0.25, 0.3) is 5.91 Å². The lowest BCUT2D eigenvalue weighted by Gasteiger charge is -2.26. The topological polar surface area (TPSA) is 42.0 Å². The summed E-state index contributed by atoms with van der Waals surface area (Å²) in [5.74, 6) is 0.465. The van der Waals surface area contributed by atoms with Gasteiger partial charge >= 0.3 is 0 Å². The maximum Gasteiger partial charge on any atom is 0.253 e. The Kier molecular flexibility index (Phi) is 4.41. The number of rotatable bonds is 2. The number of carbonyl (C=O) groups excluding carboxylic acids is 1. The summed E-state index contributed by atoms with van der Waals surface area (Å²) in [6.45, 7) is 3.86. The molecule has 132 valence electrons. The van der Waals surface area contributed by atoms with Crippen molar-refractivity contribution in [3.8, 4) is 0 Å². The average molecular weight is 366 g/mol. The lowest BCUT2D eigenvalue weighted by Crippen LogP contribution is -2.31. The van der Waals surface area contributed by atoms with E-state index in [2.05, 4.69) is 10.3 Å². The summed E-state index contributed by atoms with van der Waals surface area (Å²) in [5, 5.41) is 4.03. The molecule has 4 rings (SSSR count). The summed E-state index contributed by atoms with van der Waals surface area (Å²) in [5.41, 5.74) is 4.13. The van der Waals surface area contributed by atoms with Gasteiger partial charge in [0.2, 0.25) is 0 Å². The fraction of sp³-hybridized carbons (Fsp3) is 0.238. The van der Waals surface area contributed by atoms with Gasteiger partial charge in [0.1, 0.15) is 5.82 Å². The maximum absolute atomic E-state index is 13.7. The summed E-state index contributed by atoms with van der Waals surface area (Å²) in [6, 6.07) is 12.5. The number of benzene rings is 2. The van der Waals surface area contributed by atoms with E-state index in [-0.39, 0.29) is 17.8 Å². The van der Waals surface area contributed by atoms with Crippen LogP contribution in [0.4, 0.5) is 4.39 Å². The molecule has 3 nitrogen and oxygen atoms in total. The molecular weight excluding hydrogens is 347 g/mol. The Morgan fingerprint density at radius 3 is 2.88 bits per heavy atom. The molecule has 0 saturated heterocycles. The second-order valence-electron chi connectivity index (χ2n) is 6.66. The molecular formula is C21H19FN2OS. The number of hydrogen-bond donors (Lipinski definition) is 1. The van der Waals surface area contributed by atoms with E-state index in [1.54, 1.807) is 17.8 Å². The minimum atomic E-state index is -0.274. The quantitative estimate of drug-likeness (QED) is 0.697. The zero-order chi connectivity index (χ0) is 18.3. The number of fused-ring (bicyclic) bond motifs is 2. The Labute approximate surface area is 156 Å². The standard InChI is InChI=1S/C21H19FN2OS/c1-12-3-5-18-14(9-12)10-16(13(2)23-18)21(25)24-19-7-8-26-20-6-4-15(22)11-17(19)20/h3-6,9-11,19H,7-8H2,1-2H3,(H,24,25). The molecule has 0 radical (unpaired) electrons. The Balaban J connectivity index is 1.66. The second kappa shape index (κ2) is 6.72. The molecule has 2 aromatic carbocycles. The molecule has 1 aromatic heterocycles. The molecule has 1 unspecified atom stereocenters. The molecule has 1 aliphatic rings. The van der Waals surface area contributed by atoms with E-state index in [9.17, 15) is 9.18 Å². The molecule has 3 aromatic rings. The molecule has 26 heavy (non-hydrogen) atoms. The van der Waals surface area contributed by atoms with Crippen molar-refractivity contribution >= 4 is 28.6 Å². The lowest BCUT2D eigenvalue weighted by molar-refractivity contribution is 0.0934. The average Bonchev–Trinajstić information content (AvgIpc) is 2.62. The third-order valence-corrected chi connectivity index (χ3v) is 5.84. The first-order valence-corrected chi connectivity index (χ1v) is 9.61. The van der Waals surface area contributed by atoms with Gasteiger partial charge in [-0.25, -0.2) is 4.39 Å². The number of halogens is 1. The van der Waals surface area contributed by atoms with Crippen molar-refractivity contribution in [1.82, 2.24) is 10.3 Å². The molecule has 0 bridgehead atoms. The van der Waals surface area contributed by atoms with Gasteiger partial charge in [-0.3, -0.25) is 9.78 Å². The third-order valence-electron chi connectivity index (χ3n) is 4.72. The summed E-state index contributed by atoms with van der Waals surface area (Å²) >= 11 is 1.70. The highest BCUT2D eigenvalue weighted by Gasteiger charge is 2.24. The van der Waals surface area contributed by atoms with E-state index < -0.39 is 0 Å². The predicted octanol–water partition coefficient (Wildman–Crippen LogP) is 4.96. The van der Waals surface area contributed by atoms with Crippen LogP contribution >= 0.6 is 11.8 Å². The smallest absolute Gasteiger partial charge is 0.253 e. The van der Waals surface area contributed by atoms with Gasteiger partial charge in [0.15, 0.2) is 0 Å². The molecule has 1 aliphatic heterocycles. The highest BCUT2D eigenvalue weighted by molar-refractivity contribution is 7.99. The van der Waals surface area contributed by atoms with E-state index in [1.165, 1.54) is 12.1 Å². The van der Waals surface area contributed by atoms with Crippen molar-refractivity contribution in [3.05, 3.63) is 70.7 Å². The van der Waals surface area contributed by atoms with Crippen molar-refractivity contribution in [2.45, 2.75) is 31.2 Å². The van der Waals surface area contributed by atoms with Gasteiger partial charge in [-0.2, -0.15) is 0 Å². The van der Waals surface area contributed by atoms with Gasteiger partial charge in [-0.05, 0) is 62.2 Å². The largest absolute Gasteiger partial charge is 0.345 e. The highest BCUT2D eigenvalue weighted by atomic mass is 32.2. The van der Waals surface area contributed by atoms with Crippen LogP contribution in [0.25, 0.3) is 10.9 Å². The van der Waals surface area contributed by atoms with Crippen LogP contribution in [-0.4, -0.2) is 16.6 Å². The van der Waals surface area contributed by atoms with E-state index in [1.807, 2.05) is 38.1 Å². The minimum Gasteiger partial charge on any atom is -0.345 e. The highest BCUT2D eigenvalue weighted by Crippen LogP contribution is 2.36. The Hall–Kier alpha value is -2.40. The van der Waals surface area contributed by atoms with Gasteiger partial charge in [0, 0.05) is 16.0 Å². The van der Waals surface area contributed by atoms with Crippen LogP contribution in [0.2, 0.25) is 0 Å². The molecule has 5 heteroatoms. The zero-order valence-corrected chi connectivity index (χ0v) is 15.5. The van der Waals surface area contributed by atoms with Crippen LogP contribution in [0.1, 0.15) is 39.6 Å². The zero-order valence-electron chi connectivity index (χ0n) is 14.7. The molecule has 0 saturated carbocycles. The van der Waals surface area contributed by atoms with E-state index in [0.29, 0.717) is 11.3 Å². The monoisotopic (exact) mass is 366 g/mol. The number of carbonyl (C=O) groups is 1. The SMILES string of the molecule is Cc1ccc2nc(C)c(C(=O)NC3CCSc4ccc(F)cc43)cc2c1. The summed E-state index contributed by atoms with van der Waals surface area (Å²) in [7, 11) is 0. The Morgan fingerprint density at radius 1 is 1.19 bits per heavy atom. The van der Waals surface area contributed by atoms with Crippen LogP contribution in [0.5, 0.6) is 0 Å². The first-order chi connectivity index (χ1) is 12.5. The van der Waals surface area contributed by atoms with Gasteiger partial charge in [-0.15, -0.1) is 11.8 Å². The molecule has 1 atom stereocenters. The first-order valence-electron chi connectivity index (χ1n) is 8.62. The molecule has 0 fully saturated rings. The van der Waals surface area contributed by atoms with Crippen molar-refractivity contribution in [2.24, 2.45) is 0 Å². The number of amides is 1. The van der Waals surface area contributed by atoms with Gasteiger partial charge < -0.3 is 5.32 Å². The number of nitrogens with zero attached hydrogens (tertiary/aromatic N) is 1. The summed E-state index contributed by atoms with van der Waals surface area (Å²) in [6.07, 6.45) is 0.784. The van der Waals surface area contributed by atoms with Crippen molar-refractivity contribution in [2.75, 3.05) is 5.75 Å². The van der Waals surface area contributed by atoms with Gasteiger partial charge in [0.05, 0.1) is 22.8 Å². The number of aromatic nitrogens is 1. The van der Waals surface area contributed by atoms with E-state index in [4.69, 9.17) is 0 Å². The first kappa shape index (κ1) is 17.0. The van der Waals surface area contributed by atoms with Crippen molar-refractivity contribution in [3.63, 3.8) is 0 Å². The van der Waals surface area contributed by atoms with Crippen molar-refractivity contribution < 1.29 is 9.18 Å². The predicted molar refractivity (Wildman–Crippen MR) is 103 cm³/mol. The maximum atomic E-state index is 13.7. The molecule has 0 aliphatic carbocycles. The third kappa shape index (κ3) is 3.19. The van der Waals surface area contributed by atoms with Crippen molar-refractivity contribution in [1.29, 1.82) is 0 Å². The normalized spacial score (nSPS) is 16.3. The lowest BCUT2D eigenvalue weighted by atomic mass is 10.0. The number of thioether (sulfide) groups is 1. The van der Waals surface area contributed by atoms with Gasteiger partial charge in [-0.1, -0.05) is 11.6 Å². The Bertz CT molecular complexity index is 1020. The van der Waals surface area contributed by atoms with Crippen LogP contribution in [0.3, 0.4) is 0 Å². The summed E-state index contributed by atoms with van der Waals surface area (Å²) < 4.78 is 13.7. The molecule has 2 heterocycles. The van der Waals surface area contributed by atoms with Crippen LogP contribution in [-0.2, 0) is 0 Å². The number of hydrogen-bond acceptors (Lipinski definition) is 3. The van der Waals surface area contributed by atoms with E-state index >= 15 is 0 Å². The van der Waals surface area contributed by atoms with Crippen LogP contribution in [0.15, 0.2) is 47.4 Å². The summed E-state index contributed by atoms with van der Waals surface area (Å²) in [4.78, 5) is 18.5. The number of aryl methyl sites for hydroxylation is 2. The molecule has 1 N–H and O–H groups in total. The van der Waals surface area contributed by atoms with E-state index in [0.717, 1.165) is 39.1 Å². The second-order valence-corrected chi connectivity index (χ2v) is 7.80. The van der Waals surface area contributed by atoms with Crippen LogP contribution < -0.4 is 5.32 Å². The molecule has 0 spiro atoms. The fourth-order valence-corrected chi connectivity index (χ4v) is 4.48. The Morgan fingerprint density at radius 2 is 2.04 bits per heavy atom.